The van der Waals surface area contributed by atoms with Gasteiger partial charge in [0, 0.05) is 11.6 Å². The van der Waals surface area contributed by atoms with Crippen LogP contribution in [-0.2, 0) is 4.43 Å². The van der Waals surface area contributed by atoms with E-state index in [1.54, 1.807) is 0 Å². The minimum atomic E-state index is -2.39. The summed E-state index contributed by atoms with van der Waals surface area (Å²) in [6.07, 6.45) is 3.77. The Bertz CT molecular complexity index is 635. The molecule has 0 radical (unpaired) electrons. The fraction of sp³-hybridized carbons (Fsp3) is 0.364. The summed E-state index contributed by atoms with van der Waals surface area (Å²) in [7, 11) is -2.39. The first kappa shape index (κ1) is 20.0. The smallest absolute Gasteiger partial charge is 0.261 e. The van der Waals surface area contributed by atoms with Gasteiger partial charge in [-0.2, -0.15) is 0 Å². The largest absolute Gasteiger partial charge is 0.407 e. The molecule has 0 N–H and O–H groups in total. The molecule has 0 spiro atoms. The lowest BCUT2D eigenvalue weighted by molar-refractivity contribution is 0.292. The zero-order chi connectivity index (χ0) is 18.3. The van der Waals surface area contributed by atoms with Crippen LogP contribution in [0, 0.1) is 0 Å². The van der Waals surface area contributed by atoms with Crippen LogP contribution >= 0.6 is 11.6 Å². The fourth-order valence-electron chi connectivity index (χ4n) is 3.37. The fourth-order valence-corrected chi connectivity index (χ4v) is 8.11. The molecular formula is C22H29ClOSi. The summed E-state index contributed by atoms with van der Waals surface area (Å²) < 4.78 is 6.81. The quantitative estimate of drug-likeness (QED) is 0.461. The molecule has 0 aliphatic carbocycles. The highest BCUT2D eigenvalue weighted by molar-refractivity contribution is 6.99. The maximum absolute atomic E-state index is 6.81. The molecule has 0 aliphatic rings. The summed E-state index contributed by atoms with van der Waals surface area (Å²) >= 11 is 6.16. The van der Waals surface area contributed by atoms with Crippen molar-refractivity contribution in [3.8, 4) is 0 Å². The van der Waals surface area contributed by atoms with E-state index in [9.17, 15) is 0 Å². The van der Waals surface area contributed by atoms with Gasteiger partial charge in [-0.05, 0) is 35.2 Å². The summed E-state index contributed by atoms with van der Waals surface area (Å²) in [5.41, 5.74) is 0. The predicted molar refractivity (Wildman–Crippen MR) is 112 cm³/mol. The Hall–Kier alpha value is -1.35. The van der Waals surface area contributed by atoms with Crippen molar-refractivity contribution in [2.45, 2.75) is 45.6 Å². The Balaban J connectivity index is 2.42. The van der Waals surface area contributed by atoms with E-state index in [-0.39, 0.29) is 5.04 Å². The van der Waals surface area contributed by atoms with Gasteiger partial charge in [0.2, 0.25) is 0 Å². The maximum atomic E-state index is 6.81. The van der Waals surface area contributed by atoms with E-state index >= 15 is 0 Å². The number of halogens is 1. The molecule has 3 heteroatoms. The van der Waals surface area contributed by atoms with Gasteiger partial charge in [0.05, 0.1) is 0 Å². The Morgan fingerprint density at radius 3 is 1.84 bits per heavy atom. The minimum absolute atomic E-state index is 0.0279. The molecule has 0 heterocycles. The molecular weight excluding hydrogens is 344 g/mol. The van der Waals surface area contributed by atoms with Crippen LogP contribution in [0.1, 0.15) is 40.5 Å². The van der Waals surface area contributed by atoms with Crippen LogP contribution in [0.2, 0.25) is 5.04 Å². The zero-order valence-electron chi connectivity index (χ0n) is 15.8. The standard InChI is InChI=1S/C22H29ClOSi/c1-5-19(23)13-12-18-24-25(22(2,3)4,20-14-8-6-9-15-20)21-16-10-7-11-17-21/h5-11,14-17H,12-13,18H2,1-4H3/b19-5+. The molecule has 0 aliphatic heterocycles. The maximum Gasteiger partial charge on any atom is 0.261 e. The van der Waals surface area contributed by atoms with Crippen molar-refractivity contribution < 1.29 is 4.43 Å². The van der Waals surface area contributed by atoms with Crippen LogP contribution in [0.4, 0.5) is 0 Å². The van der Waals surface area contributed by atoms with Gasteiger partial charge in [0.1, 0.15) is 0 Å². The van der Waals surface area contributed by atoms with Crippen molar-refractivity contribution in [1.82, 2.24) is 0 Å². The lowest BCUT2D eigenvalue weighted by Crippen LogP contribution is -2.66. The highest BCUT2D eigenvalue weighted by Gasteiger charge is 2.49. The van der Waals surface area contributed by atoms with E-state index in [1.165, 1.54) is 10.4 Å². The lowest BCUT2D eigenvalue weighted by Gasteiger charge is -2.43. The number of hydrogen-bond donors (Lipinski definition) is 0. The third-order valence-electron chi connectivity index (χ3n) is 4.61. The van der Waals surface area contributed by atoms with Crippen LogP contribution < -0.4 is 10.4 Å². The molecule has 0 saturated carbocycles. The van der Waals surface area contributed by atoms with Crippen LogP contribution in [0.15, 0.2) is 71.8 Å². The Labute approximate surface area is 158 Å². The molecule has 0 saturated heterocycles. The summed E-state index contributed by atoms with van der Waals surface area (Å²) in [5, 5.41) is 3.59. The Kier molecular flexibility index (Phi) is 7.06. The molecule has 2 aromatic carbocycles. The van der Waals surface area contributed by atoms with E-state index in [2.05, 4.69) is 81.4 Å². The second kappa shape index (κ2) is 8.84. The van der Waals surface area contributed by atoms with Gasteiger partial charge >= 0.3 is 0 Å². The average Bonchev–Trinajstić information content (AvgIpc) is 2.62. The zero-order valence-corrected chi connectivity index (χ0v) is 17.5. The molecule has 0 bridgehead atoms. The molecule has 0 amide bonds. The molecule has 2 rings (SSSR count). The van der Waals surface area contributed by atoms with Gasteiger partial charge in [0.25, 0.3) is 8.32 Å². The van der Waals surface area contributed by atoms with E-state index < -0.39 is 8.32 Å². The normalized spacial score (nSPS) is 13.1. The Morgan fingerprint density at radius 1 is 0.960 bits per heavy atom. The van der Waals surface area contributed by atoms with E-state index in [4.69, 9.17) is 16.0 Å². The molecule has 25 heavy (non-hydrogen) atoms. The monoisotopic (exact) mass is 372 g/mol. The van der Waals surface area contributed by atoms with E-state index in [1.807, 2.05) is 13.0 Å². The molecule has 0 atom stereocenters. The summed E-state index contributed by atoms with van der Waals surface area (Å²) in [6.45, 7) is 9.61. The third kappa shape index (κ3) is 4.63. The van der Waals surface area contributed by atoms with E-state index in [0.29, 0.717) is 0 Å². The summed E-state index contributed by atoms with van der Waals surface area (Å²) in [6, 6.07) is 21.5. The van der Waals surface area contributed by atoms with Gasteiger partial charge in [-0.3, -0.25) is 0 Å². The third-order valence-corrected chi connectivity index (χ3v) is 10.1. The first-order valence-corrected chi connectivity index (χ1v) is 11.3. The average molecular weight is 373 g/mol. The number of allylic oxidation sites excluding steroid dienone is 2. The van der Waals surface area contributed by atoms with Crippen LogP contribution in [0.5, 0.6) is 0 Å². The predicted octanol–water partition coefficient (Wildman–Crippen LogP) is 5.49. The molecule has 1 nitrogen and oxygen atoms in total. The molecule has 2 aromatic rings. The topological polar surface area (TPSA) is 9.23 Å². The second-order valence-electron chi connectivity index (χ2n) is 7.35. The van der Waals surface area contributed by atoms with Gasteiger partial charge in [-0.1, -0.05) is 99.1 Å². The SMILES string of the molecule is C/C=C(/Cl)CCCO[Si](c1ccccc1)(c1ccccc1)C(C)(C)C. The first-order chi connectivity index (χ1) is 11.9. The Morgan fingerprint density at radius 2 is 1.44 bits per heavy atom. The van der Waals surface area contributed by atoms with Gasteiger partial charge in [0.15, 0.2) is 0 Å². The summed E-state index contributed by atoms with van der Waals surface area (Å²) in [4.78, 5) is 0. The minimum Gasteiger partial charge on any atom is -0.407 e. The van der Waals surface area contributed by atoms with E-state index in [0.717, 1.165) is 24.5 Å². The van der Waals surface area contributed by atoms with Gasteiger partial charge in [-0.25, -0.2) is 0 Å². The van der Waals surface area contributed by atoms with Crippen molar-refractivity contribution in [2.75, 3.05) is 6.61 Å². The van der Waals surface area contributed by atoms with Crippen molar-refractivity contribution in [3.63, 3.8) is 0 Å². The first-order valence-electron chi connectivity index (χ1n) is 8.97. The van der Waals surface area contributed by atoms with Crippen molar-refractivity contribution >= 4 is 30.3 Å². The van der Waals surface area contributed by atoms with Crippen molar-refractivity contribution in [2.24, 2.45) is 0 Å². The van der Waals surface area contributed by atoms with Crippen LogP contribution in [0.25, 0.3) is 0 Å². The second-order valence-corrected chi connectivity index (χ2v) is 12.1. The van der Waals surface area contributed by atoms with Crippen LogP contribution in [0.3, 0.4) is 0 Å². The highest BCUT2D eigenvalue weighted by atomic mass is 35.5. The molecule has 134 valence electrons. The van der Waals surface area contributed by atoms with Crippen molar-refractivity contribution in [1.29, 1.82) is 0 Å². The van der Waals surface area contributed by atoms with Gasteiger partial charge < -0.3 is 4.43 Å². The lowest BCUT2D eigenvalue weighted by atomic mass is 10.2. The number of hydrogen-bond acceptors (Lipinski definition) is 1. The highest BCUT2D eigenvalue weighted by Crippen LogP contribution is 2.36. The van der Waals surface area contributed by atoms with Gasteiger partial charge in [-0.15, -0.1) is 0 Å². The molecule has 0 aromatic heterocycles. The molecule has 0 fully saturated rings. The number of benzene rings is 2. The summed E-state index contributed by atoms with van der Waals surface area (Å²) in [5.74, 6) is 0. The number of rotatable bonds is 7. The molecule has 0 unspecified atom stereocenters. The van der Waals surface area contributed by atoms with Crippen molar-refractivity contribution in [3.05, 3.63) is 71.8 Å². The van der Waals surface area contributed by atoms with Crippen LogP contribution in [-0.4, -0.2) is 14.9 Å².